The number of ether oxygens (including phenoxy) is 1. The molecule has 2 aromatic rings. The van der Waals surface area contributed by atoms with E-state index in [9.17, 15) is 9.59 Å². The van der Waals surface area contributed by atoms with Gasteiger partial charge in [0.2, 0.25) is 0 Å². The Morgan fingerprint density at radius 1 is 1.16 bits per heavy atom. The summed E-state index contributed by atoms with van der Waals surface area (Å²) in [5.74, 6) is -1.04. The molecule has 0 aliphatic carbocycles. The number of nitrogens with one attached hydrogen (secondary N) is 2. The number of fused-ring (bicyclic) bond motifs is 1. The van der Waals surface area contributed by atoms with Gasteiger partial charge >= 0.3 is 5.97 Å². The van der Waals surface area contributed by atoms with E-state index in [0.717, 1.165) is 16.0 Å². The van der Waals surface area contributed by atoms with E-state index in [2.05, 4.69) is 10.6 Å². The molecule has 0 saturated heterocycles. The van der Waals surface area contributed by atoms with Crippen LogP contribution >= 0.6 is 11.8 Å². The summed E-state index contributed by atoms with van der Waals surface area (Å²) in [5, 5.41) is 5.92. The van der Waals surface area contributed by atoms with Crippen molar-refractivity contribution in [3.05, 3.63) is 53.6 Å². The minimum Gasteiger partial charge on any atom is -0.463 e. The van der Waals surface area contributed by atoms with Crippen LogP contribution in [0, 0.1) is 13.8 Å². The van der Waals surface area contributed by atoms with Crippen LogP contribution in [0.2, 0.25) is 0 Å². The van der Waals surface area contributed by atoms with E-state index < -0.39 is 16.7 Å². The average molecular weight is 356 g/mol. The minimum absolute atomic E-state index is 0.199. The summed E-state index contributed by atoms with van der Waals surface area (Å²) in [7, 11) is 0. The third-order valence-electron chi connectivity index (χ3n) is 3.90. The molecule has 1 aliphatic rings. The van der Waals surface area contributed by atoms with E-state index in [-0.39, 0.29) is 6.61 Å². The van der Waals surface area contributed by atoms with E-state index >= 15 is 0 Å². The Hall–Kier alpha value is -2.47. The Bertz CT molecular complexity index is 820. The molecule has 0 aromatic heterocycles. The fourth-order valence-electron chi connectivity index (χ4n) is 2.58. The number of rotatable bonds is 4. The zero-order valence-electron chi connectivity index (χ0n) is 14.4. The lowest BCUT2D eigenvalue weighted by molar-refractivity contribution is -0.147. The van der Waals surface area contributed by atoms with Gasteiger partial charge in [-0.2, -0.15) is 0 Å². The van der Waals surface area contributed by atoms with Crippen LogP contribution < -0.4 is 10.6 Å². The zero-order valence-corrected chi connectivity index (χ0v) is 15.2. The lowest BCUT2D eigenvalue weighted by Crippen LogP contribution is -2.55. The summed E-state index contributed by atoms with van der Waals surface area (Å²) in [4.78, 5) is 24.8. The molecule has 25 heavy (non-hydrogen) atoms. The Morgan fingerprint density at radius 2 is 1.84 bits per heavy atom. The standard InChI is InChI=1S/C19H20N2O3S/c1-4-24-18(23)19(21-14-8-5-12(2)6-9-14)17(22)20-15-10-7-13(3)11-16(15)25-19/h5-11,21H,4H2,1-3H3,(H,20,22)/t19-/m0/s1. The molecule has 130 valence electrons. The molecule has 1 heterocycles. The molecule has 3 rings (SSSR count). The maximum Gasteiger partial charge on any atom is 0.352 e. The number of aryl methyl sites for hydroxylation is 2. The molecule has 0 unspecified atom stereocenters. The van der Waals surface area contributed by atoms with Crippen LogP contribution in [0.4, 0.5) is 11.4 Å². The Kier molecular flexibility index (Phi) is 4.72. The van der Waals surface area contributed by atoms with Gasteiger partial charge in [-0.15, -0.1) is 0 Å². The predicted molar refractivity (Wildman–Crippen MR) is 99.8 cm³/mol. The number of hydrogen-bond acceptors (Lipinski definition) is 5. The molecule has 2 N–H and O–H groups in total. The monoisotopic (exact) mass is 356 g/mol. The first-order valence-electron chi connectivity index (χ1n) is 8.08. The van der Waals surface area contributed by atoms with Gasteiger partial charge in [-0.3, -0.25) is 4.79 Å². The van der Waals surface area contributed by atoms with Gasteiger partial charge in [-0.1, -0.05) is 35.5 Å². The Labute approximate surface area is 151 Å². The number of carbonyl (C=O) groups excluding carboxylic acids is 2. The van der Waals surface area contributed by atoms with Gasteiger partial charge in [0.25, 0.3) is 10.8 Å². The fourth-order valence-corrected chi connectivity index (χ4v) is 3.84. The highest BCUT2D eigenvalue weighted by atomic mass is 32.2. The SMILES string of the molecule is CCOC(=O)[C@@]1(Nc2ccc(C)cc2)Sc2cc(C)ccc2NC1=O. The molecule has 6 heteroatoms. The highest BCUT2D eigenvalue weighted by Gasteiger charge is 2.52. The highest BCUT2D eigenvalue weighted by molar-refractivity contribution is 8.02. The number of benzene rings is 2. The molecule has 0 bridgehead atoms. The smallest absolute Gasteiger partial charge is 0.352 e. The highest BCUT2D eigenvalue weighted by Crippen LogP contribution is 2.44. The third-order valence-corrected chi connectivity index (χ3v) is 5.22. The molecule has 5 nitrogen and oxygen atoms in total. The van der Waals surface area contributed by atoms with Crippen molar-refractivity contribution in [2.75, 3.05) is 17.2 Å². The van der Waals surface area contributed by atoms with Crippen molar-refractivity contribution in [1.29, 1.82) is 0 Å². The Balaban J connectivity index is 2.03. The van der Waals surface area contributed by atoms with Crippen LogP contribution in [0.15, 0.2) is 47.4 Å². The van der Waals surface area contributed by atoms with Crippen LogP contribution in [0.5, 0.6) is 0 Å². The molecule has 0 radical (unpaired) electrons. The van der Waals surface area contributed by atoms with Crippen molar-refractivity contribution >= 4 is 35.0 Å². The molecule has 0 spiro atoms. The number of carbonyl (C=O) groups is 2. The third kappa shape index (κ3) is 3.35. The first-order valence-corrected chi connectivity index (χ1v) is 8.89. The molecule has 2 aromatic carbocycles. The van der Waals surface area contributed by atoms with E-state index in [4.69, 9.17) is 4.74 Å². The van der Waals surface area contributed by atoms with E-state index in [1.54, 1.807) is 6.92 Å². The summed E-state index contributed by atoms with van der Waals surface area (Å²) in [5.41, 5.74) is 3.52. The number of esters is 1. The maximum atomic E-state index is 12.9. The lowest BCUT2D eigenvalue weighted by atomic mass is 10.1. The van der Waals surface area contributed by atoms with Crippen molar-refractivity contribution < 1.29 is 14.3 Å². The molecule has 0 saturated carbocycles. The molecule has 0 fully saturated rings. The van der Waals surface area contributed by atoms with E-state index in [1.807, 2.05) is 56.3 Å². The van der Waals surface area contributed by atoms with Crippen molar-refractivity contribution in [2.45, 2.75) is 30.5 Å². The molecule has 1 aliphatic heterocycles. The number of amides is 1. The summed E-state index contributed by atoms with van der Waals surface area (Å²) in [6, 6.07) is 13.2. The zero-order chi connectivity index (χ0) is 18.0. The summed E-state index contributed by atoms with van der Waals surface area (Å²) >= 11 is 1.18. The second-order valence-corrected chi connectivity index (χ2v) is 7.20. The topological polar surface area (TPSA) is 67.4 Å². The van der Waals surface area contributed by atoms with Crippen LogP contribution in [-0.2, 0) is 14.3 Å². The molecular formula is C19H20N2O3S. The number of thioether (sulfide) groups is 1. The van der Waals surface area contributed by atoms with Crippen molar-refractivity contribution in [3.63, 3.8) is 0 Å². The molecule has 1 atom stereocenters. The van der Waals surface area contributed by atoms with Crippen LogP contribution in [0.25, 0.3) is 0 Å². The van der Waals surface area contributed by atoms with Gasteiger partial charge in [-0.25, -0.2) is 4.79 Å². The largest absolute Gasteiger partial charge is 0.463 e. The number of hydrogen-bond donors (Lipinski definition) is 2. The van der Waals surface area contributed by atoms with Crippen LogP contribution in [-0.4, -0.2) is 23.4 Å². The predicted octanol–water partition coefficient (Wildman–Crippen LogP) is 3.72. The first kappa shape index (κ1) is 17.4. The van der Waals surface area contributed by atoms with Gasteiger partial charge in [0.1, 0.15) is 0 Å². The summed E-state index contributed by atoms with van der Waals surface area (Å²) in [6.45, 7) is 5.87. The second-order valence-electron chi connectivity index (χ2n) is 5.95. The van der Waals surface area contributed by atoms with Gasteiger partial charge in [0.15, 0.2) is 0 Å². The van der Waals surface area contributed by atoms with E-state index in [1.165, 1.54) is 11.8 Å². The van der Waals surface area contributed by atoms with Gasteiger partial charge in [0, 0.05) is 10.6 Å². The summed E-state index contributed by atoms with van der Waals surface area (Å²) in [6.07, 6.45) is 0. The summed E-state index contributed by atoms with van der Waals surface area (Å²) < 4.78 is 5.21. The van der Waals surface area contributed by atoms with E-state index in [0.29, 0.717) is 11.4 Å². The van der Waals surface area contributed by atoms with Gasteiger partial charge < -0.3 is 15.4 Å². The van der Waals surface area contributed by atoms with Crippen LogP contribution in [0.1, 0.15) is 18.1 Å². The quantitative estimate of drug-likeness (QED) is 0.646. The maximum absolute atomic E-state index is 12.9. The van der Waals surface area contributed by atoms with Crippen molar-refractivity contribution in [1.82, 2.24) is 0 Å². The van der Waals surface area contributed by atoms with Crippen molar-refractivity contribution in [2.24, 2.45) is 0 Å². The Morgan fingerprint density at radius 3 is 2.52 bits per heavy atom. The van der Waals surface area contributed by atoms with Crippen molar-refractivity contribution in [3.8, 4) is 0 Å². The fraction of sp³-hybridized carbons (Fsp3) is 0.263. The first-order chi connectivity index (χ1) is 11.9. The second kappa shape index (κ2) is 6.80. The normalized spacial score (nSPS) is 18.9. The molecular weight excluding hydrogens is 336 g/mol. The minimum atomic E-state index is -1.56. The molecule has 1 amide bonds. The average Bonchev–Trinajstić information content (AvgIpc) is 2.58. The number of anilines is 2. The van der Waals surface area contributed by atoms with Gasteiger partial charge in [-0.05, 0) is 50.6 Å². The van der Waals surface area contributed by atoms with Crippen LogP contribution in [0.3, 0.4) is 0 Å². The lowest BCUT2D eigenvalue weighted by Gasteiger charge is -2.35. The van der Waals surface area contributed by atoms with Gasteiger partial charge in [0.05, 0.1) is 12.3 Å².